The molecule has 0 amide bonds. The van der Waals surface area contributed by atoms with Crippen molar-refractivity contribution in [2.45, 2.75) is 25.4 Å². The molecule has 1 aromatic heterocycles. The lowest BCUT2D eigenvalue weighted by Crippen LogP contribution is -2.39. The molecule has 5 nitrogen and oxygen atoms in total. The number of H-pyrrole nitrogens is 1. The Labute approximate surface area is 151 Å². The average molecular weight is 345 g/mol. The van der Waals surface area contributed by atoms with Crippen LogP contribution < -0.4 is 0 Å². The summed E-state index contributed by atoms with van der Waals surface area (Å²) in [6.45, 7) is 1.33. The van der Waals surface area contributed by atoms with Crippen LogP contribution in [0.25, 0.3) is 11.1 Å². The van der Waals surface area contributed by atoms with Crippen LogP contribution in [0.1, 0.15) is 34.1 Å². The predicted octanol–water partition coefficient (Wildman–Crippen LogP) is 3.16. The highest BCUT2D eigenvalue weighted by atomic mass is 16.4. The molecule has 130 valence electrons. The van der Waals surface area contributed by atoms with Crippen molar-refractivity contribution in [2.24, 2.45) is 0 Å². The second-order valence-corrected chi connectivity index (χ2v) is 7.05. The highest BCUT2D eigenvalue weighted by molar-refractivity contribution is 5.77. The standard InChI is InChI=1S/C21H19N3O2/c25-21(26)20-19-18(22-12-23-19)7-8-24(20)11-13-5-6-17-15(9-13)10-14-3-1-2-4-16(14)17/h1-6,9,12,20H,7-8,10-11H2,(H,22,23)(H,25,26)/t20-/m1/s1. The van der Waals surface area contributed by atoms with E-state index in [4.69, 9.17) is 0 Å². The molecule has 2 aliphatic rings. The molecule has 0 unspecified atom stereocenters. The van der Waals surface area contributed by atoms with Crippen LogP contribution in [0, 0.1) is 0 Å². The van der Waals surface area contributed by atoms with E-state index in [-0.39, 0.29) is 0 Å². The molecule has 5 rings (SSSR count). The van der Waals surface area contributed by atoms with Crippen molar-refractivity contribution in [3.05, 3.63) is 76.9 Å². The van der Waals surface area contributed by atoms with Crippen molar-refractivity contribution in [1.29, 1.82) is 0 Å². The fraction of sp³-hybridized carbons (Fsp3) is 0.238. The van der Waals surface area contributed by atoms with E-state index >= 15 is 0 Å². The molecule has 26 heavy (non-hydrogen) atoms. The molecule has 0 spiro atoms. The minimum atomic E-state index is -0.841. The normalized spacial score (nSPS) is 18.2. The molecule has 3 aromatic rings. The number of carbonyl (C=O) groups is 1. The molecule has 2 heterocycles. The van der Waals surface area contributed by atoms with Crippen LogP contribution in [0.4, 0.5) is 0 Å². The molecule has 0 fully saturated rings. The summed E-state index contributed by atoms with van der Waals surface area (Å²) in [5.74, 6) is -0.841. The lowest BCUT2D eigenvalue weighted by Gasteiger charge is -2.32. The lowest BCUT2D eigenvalue weighted by molar-refractivity contribution is -0.144. The first-order valence-corrected chi connectivity index (χ1v) is 8.90. The van der Waals surface area contributed by atoms with E-state index in [9.17, 15) is 9.90 Å². The lowest BCUT2D eigenvalue weighted by atomic mass is 10.00. The second kappa shape index (κ2) is 5.81. The highest BCUT2D eigenvalue weighted by Gasteiger charge is 2.35. The summed E-state index contributed by atoms with van der Waals surface area (Å²) in [6, 6.07) is 14.4. The maximum atomic E-state index is 11.9. The number of nitrogens with one attached hydrogen (secondary N) is 1. The minimum Gasteiger partial charge on any atom is -0.480 e. The summed E-state index contributed by atoms with van der Waals surface area (Å²) in [5.41, 5.74) is 8.05. The first-order valence-electron chi connectivity index (χ1n) is 8.90. The van der Waals surface area contributed by atoms with Gasteiger partial charge in [0.25, 0.3) is 0 Å². The smallest absolute Gasteiger partial charge is 0.327 e. The van der Waals surface area contributed by atoms with Gasteiger partial charge in [0.1, 0.15) is 0 Å². The number of carboxylic acid groups (broad SMARTS) is 1. The zero-order chi connectivity index (χ0) is 17.7. The number of imidazole rings is 1. The summed E-state index contributed by atoms with van der Waals surface area (Å²) < 4.78 is 0. The number of fused-ring (bicyclic) bond motifs is 4. The van der Waals surface area contributed by atoms with E-state index in [2.05, 4.69) is 52.4 Å². The molecule has 0 saturated heterocycles. The third kappa shape index (κ3) is 2.35. The van der Waals surface area contributed by atoms with Gasteiger partial charge in [-0.15, -0.1) is 0 Å². The molecule has 0 saturated carbocycles. The summed E-state index contributed by atoms with van der Waals surface area (Å²) in [6.07, 6.45) is 3.34. The van der Waals surface area contributed by atoms with Crippen LogP contribution in [-0.4, -0.2) is 32.5 Å². The molecular formula is C21H19N3O2. The molecule has 2 aromatic carbocycles. The van der Waals surface area contributed by atoms with Gasteiger partial charge < -0.3 is 10.1 Å². The fourth-order valence-corrected chi connectivity index (χ4v) is 4.30. The third-order valence-electron chi connectivity index (χ3n) is 5.50. The monoisotopic (exact) mass is 345 g/mol. The van der Waals surface area contributed by atoms with Crippen molar-refractivity contribution >= 4 is 5.97 Å². The van der Waals surface area contributed by atoms with Crippen LogP contribution >= 0.6 is 0 Å². The molecular weight excluding hydrogens is 326 g/mol. The maximum absolute atomic E-state index is 11.9. The number of rotatable bonds is 3. The van der Waals surface area contributed by atoms with E-state index in [1.165, 1.54) is 22.3 Å². The van der Waals surface area contributed by atoms with Gasteiger partial charge in [0.2, 0.25) is 0 Å². The zero-order valence-corrected chi connectivity index (χ0v) is 14.3. The van der Waals surface area contributed by atoms with Gasteiger partial charge in [0.05, 0.1) is 12.0 Å². The molecule has 1 atom stereocenters. The van der Waals surface area contributed by atoms with Crippen molar-refractivity contribution in [3.63, 3.8) is 0 Å². The van der Waals surface area contributed by atoms with E-state index in [0.29, 0.717) is 18.8 Å². The maximum Gasteiger partial charge on any atom is 0.327 e. The Balaban J connectivity index is 1.44. The predicted molar refractivity (Wildman–Crippen MR) is 97.8 cm³/mol. The number of aliphatic carboxylic acids is 1. The van der Waals surface area contributed by atoms with Crippen molar-refractivity contribution in [1.82, 2.24) is 14.9 Å². The Morgan fingerprint density at radius 2 is 2.04 bits per heavy atom. The molecule has 1 aliphatic carbocycles. The van der Waals surface area contributed by atoms with Crippen molar-refractivity contribution in [3.8, 4) is 11.1 Å². The Kier molecular flexibility index (Phi) is 3.43. The Bertz CT molecular complexity index is 1010. The fourth-order valence-electron chi connectivity index (χ4n) is 4.30. The third-order valence-corrected chi connectivity index (χ3v) is 5.50. The Hall–Kier alpha value is -2.92. The number of benzene rings is 2. The van der Waals surface area contributed by atoms with Gasteiger partial charge >= 0.3 is 5.97 Å². The number of hydrogen-bond acceptors (Lipinski definition) is 3. The molecule has 1 aliphatic heterocycles. The highest BCUT2D eigenvalue weighted by Crippen LogP contribution is 2.37. The van der Waals surface area contributed by atoms with Gasteiger partial charge in [-0.25, -0.2) is 4.98 Å². The van der Waals surface area contributed by atoms with Gasteiger partial charge in [-0.05, 0) is 34.2 Å². The minimum absolute atomic E-state index is 0.618. The van der Waals surface area contributed by atoms with Crippen LogP contribution in [0.5, 0.6) is 0 Å². The average Bonchev–Trinajstić information content (AvgIpc) is 3.24. The summed E-state index contributed by atoms with van der Waals surface area (Å²) in [4.78, 5) is 21.2. The Morgan fingerprint density at radius 3 is 2.92 bits per heavy atom. The van der Waals surface area contributed by atoms with Gasteiger partial charge in [-0.2, -0.15) is 0 Å². The second-order valence-electron chi connectivity index (χ2n) is 7.05. The Morgan fingerprint density at radius 1 is 1.19 bits per heavy atom. The topological polar surface area (TPSA) is 69.2 Å². The van der Waals surface area contributed by atoms with Crippen LogP contribution in [0.2, 0.25) is 0 Å². The van der Waals surface area contributed by atoms with Gasteiger partial charge in [-0.3, -0.25) is 9.69 Å². The van der Waals surface area contributed by atoms with Crippen molar-refractivity contribution < 1.29 is 9.90 Å². The summed E-state index contributed by atoms with van der Waals surface area (Å²) in [7, 11) is 0. The first-order chi connectivity index (χ1) is 12.7. The van der Waals surface area contributed by atoms with Crippen LogP contribution in [0.15, 0.2) is 48.8 Å². The SMILES string of the molecule is O=C(O)[C@H]1c2nc[nH]c2CCN1Cc1ccc2c(c1)Cc1ccccc1-2. The summed E-state index contributed by atoms with van der Waals surface area (Å²) >= 11 is 0. The number of aromatic amines is 1. The van der Waals surface area contributed by atoms with Gasteiger partial charge in [-0.1, -0.05) is 42.5 Å². The first kappa shape index (κ1) is 15.3. The van der Waals surface area contributed by atoms with E-state index < -0.39 is 12.0 Å². The van der Waals surface area contributed by atoms with E-state index in [1.54, 1.807) is 6.33 Å². The van der Waals surface area contributed by atoms with Gasteiger partial charge in [0, 0.05) is 25.2 Å². The molecule has 2 N–H and O–H groups in total. The molecule has 5 heteroatoms. The van der Waals surface area contributed by atoms with Crippen LogP contribution in [-0.2, 0) is 24.2 Å². The number of carboxylic acids is 1. The molecule has 0 radical (unpaired) electrons. The summed E-state index contributed by atoms with van der Waals surface area (Å²) in [5, 5.41) is 9.73. The van der Waals surface area contributed by atoms with Crippen LogP contribution in [0.3, 0.4) is 0 Å². The van der Waals surface area contributed by atoms with Crippen molar-refractivity contribution in [2.75, 3.05) is 6.54 Å². The van der Waals surface area contributed by atoms with Gasteiger partial charge in [0.15, 0.2) is 6.04 Å². The van der Waals surface area contributed by atoms with E-state index in [1.807, 2.05) is 4.90 Å². The quantitative estimate of drug-likeness (QED) is 0.598. The number of hydrogen-bond donors (Lipinski definition) is 2. The largest absolute Gasteiger partial charge is 0.480 e. The number of nitrogens with zero attached hydrogens (tertiary/aromatic N) is 2. The zero-order valence-electron chi connectivity index (χ0n) is 14.3. The molecule has 0 bridgehead atoms. The number of aromatic nitrogens is 2. The van der Waals surface area contributed by atoms with E-state index in [0.717, 1.165) is 24.1 Å².